The van der Waals surface area contributed by atoms with E-state index in [-0.39, 0.29) is 16.3 Å². The number of aryl methyl sites for hydroxylation is 1. The van der Waals surface area contributed by atoms with Gasteiger partial charge >= 0.3 is 0 Å². The van der Waals surface area contributed by atoms with E-state index in [1.54, 1.807) is 0 Å². The number of halogens is 3. The molecule has 13 heavy (non-hydrogen) atoms. The minimum atomic E-state index is -2.68. The van der Waals surface area contributed by atoms with Crippen LogP contribution in [0.15, 0.2) is 6.07 Å². The van der Waals surface area contributed by atoms with Gasteiger partial charge in [-0.15, -0.1) is 0 Å². The standard InChI is InChI=1S/C8H6ClF2NO/c1-4-2-5(9)6(3-13)12-7(4)8(10)11/h2-3,8H,1H3. The van der Waals surface area contributed by atoms with Gasteiger partial charge in [0, 0.05) is 0 Å². The zero-order valence-corrected chi connectivity index (χ0v) is 7.48. The zero-order valence-electron chi connectivity index (χ0n) is 6.72. The van der Waals surface area contributed by atoms with Crippen LogP contribution in [0.3, 0.4) is 0 Å². The monoisotopic (exact) mass is 205 g/mol. The van der Waals surface area contributed by atoms with E-state index in [4.69, 9.17) is 11.6 Å². The van der Waals surface area contributed by atoms with Crippen molar-refractivity contribution in [3.8, 4) is 0 Å². The molecule has 1 heterocycles. The first kappa shape index (κ1) is 10.1. The Morgan fingerprint density at radius 2 is 2.23 bits per heavy atom. The summed E-state index contributed by atoms with van der Waals surface area (Å²) in [6.45, 7) is 1.47. The van der Waals surface area contributed by atoms with Crippen molar-refractivity contribution in [2.45, 2.75) is 13.3 Å². The number of carbonyl (C=O) groups is 1. The third kappa shape index (κ3) is 2.01. The molecule has 0 fully saturated rings. The first-order chi connectivity index (χ1) is 6.06. The van der Waals surface area contributed by atoms with Gasteiger partial charge in [0.2, 0.25) is 0 Å². The number of aldehydes is 1. The minimum Gasteiger partial charge on any atom is -0.296 e. The predicted molar refractivity (Wildman–Crippen MR) is 44.3 cm³/mol. The molecule has 0 bridgehead atoms. The fourth-order valence-electron chi connectivity index (χ4n) is 0.913. The Labute approximate surface area is 78.5 Å². The van der Waals surface area contributed by atoms with E-state index in [9.17, 15) is 13.6 Å². The molecule has 0 saturated carbocycles. The molecule has 0 aliphatic carbocycles. The maximum Gasteiger partial charge on any atom is 0.280 e. The summed E-state index contributed by atoms with van der Waals surface area (Å²) < 4.78 is 24.5. The second kappa shape index (κ2) is 3.79. The smallest absolute Gasteiger partial charge is 0.280 e. The molecule has 0 amide bonds. The van der Waals surface area contributed by atoms with Crippen molar-refractivity contribution < 1.29 is 13.6 Å². The highest BCUT2D eigenvalue weighted by Crippen LogP contribution is 2.24. The maximum atomic E-state index is 12.3. The van der Waals surface area contributed by atoms with Crippen molar-refractivity contribution in [2.75, 3.05) is 0 Å². The summed E-state index contributed by atoms with van der Waals surface area (Å²) in [4.78, 5) is 13.8. The molecule has 0 atom stereocenters. The summed E-state index contributed by atoms with van der Waals surface area (Å²) in [5, 5.41) is 0.0944. The lowest BCUT2D eigenvalue weighted by atomic mass is 10.2. The van der Waals surface area contributed by atoms with E-state index in [1.165, 1.54) is 13.0 Å². The van der Waals surface area contributed by atoms with E-state index in [1.807, 2.05) is 0 Å². The molecule has 0 saturated heterocycles. The topological polar surface area (TPSA) is 30.0 Å². The molecule has 1 aromatic heterocycles. The van der Waals surface area contributed by atoms with Gasteiger partial charge in [0.05, 0.1) is 5.02 Å². The van der Waals surface area contributed by atoms with Crippen LogP contribution in [-0.2, 0) is 0 Å². The van der Waals surface area contributed by atoms with Crippen LogP contribution in [0.2, 0.25) is 5.02 Å². The number of aromatic nitrogens is 1. The summed E-state index contributed by atoms with van der Waals surface area (Å²) >= 11 is 5.57. The molecule has 5 heteroatoms. The SMILES string of the molecule is Cc1cc(Cl)c(C=O)nc1C(F)F. The number of nitrogens with zero attached hydrogens (tertiary/aromatic N) is 1. The summed E-state index contributed by atoms with van der Waals surface area (Å²) in [6.07, 6.45) is -2.33. The molecule has 2 nitrogen and oxygen atoms in total. The van der Waals surface area contributed by atoms with Crippen molar-refractivity contribution in [2.24, 2.45) is 0 Å². The Hall–Kier alpha value is -1.03. The molecule has 0 aliphatic heterocycles. The van der Waals surface area contributed by atoms with Crippen molar-refractivity contribution in [3.63, 3.8) is 0 Å². The Balaban J connectivity index is 3.30. The van der Waals surface area contributed by atoms with Gasteiger partial charge in [-0.1, -0.05) is 11.6 Å². The molecule has 0 N–H and O–H groups in total. The molecule has 1 rings (SSSR count). The molecule has 0 aromatic carbocycles. The van der Waals surface area contributed by atoms with Gasteiger partial charge in [-0.25, -0.2) is 13.8 Å². The molecule has 70 valence electrons. The lowest BCUT2D eigenvalue weighted by Gasteiger charge is -2.05. The van der Waals surface area contributed by atoms with Crippen LogP contribution in [0.1, 0.15) is 28.2 Å². The van der Waals surface area contributed by atoms with Crippen LogP contribution < -0.4 is 0 Å². The highest BCUT2D eigenvalue weighted by molar-refractivity contribution is 6.32. The summed E-state index contributed by atoms with van der Waals surface area (Å²) in [6, 6.07) is 1.31. The zero-order chi connectivity index (χ0) is 10.0. The molecular weight excluding hydrogens is 200 g/mol. The van der Waals surface area contributed by atoms with E-state index in [2.05, 4.69) is 4.98 Å². The normalized spacial score (nSPS) is 10.5. The van der Waals surface area contributed by atoms with Gasteiger partial charge in [0.25, 0.3) is 6.43 Å². The van der Waals surface area contributed by atoms with E-state index in [0.717, 1.165) is 0 Å². The van der Waals surface area contributed by atoms with Crippen molar-refractivity contribution in [1.82, 2.24) is 4.98 Å². The predicted octanol–water partition coefficient (Wildman–Crippen LogP) is 2.79. The van der Waals surface area contributed by atoms with Crippen LogP contribution in [0.25, 0.3) is 0 Å². The number of alkyl halides is 2. The van der Waals surface area contributed by atoms with E-state index >= 15 is 0 Å². The number of hydrogen-bond acceptors (Lipinski definition) is 2. The molecule has 0 aliphatic rings. The molecule has 1 aromatic rings. The summed E-state index contributed by atoms with van der Waals surface area (Å²) in [5.74, 6) is 0. The third-order valence-corrected chi connectivity index (χ3v) is 1.85. The first-order valence-corrected chi connectivity index (χ1v) is 3.84. The lowest BCUT2D eigenvalue weighted by molar-refractivity contribution is 0.111. The third-order valence-electron chi connectivity index (χ3n) is 1.55. The molecule has 0 spiro atoms. The Morgan fingerprint density at radius 3 is 2.69 bits per heavy atom. The average Bonchev–Trinajstić information content (AvgIpc) is 2.03. The van der Waals surface area contributed by atoms with Gasteiger partial charge in [-0.2, -0.15) is 0 Å². The first-order valence-electron chi connectivity index (χ1n) is 3.46. The van der Waals surface area contributed by atoms with Gasteiger partial charge in [-0.3, -0.25) is 4.79 Å². The van der Waals surface area contributed by atoms with Crippen LogP contribution in [0.4, 0.5) is 8.78 Å². The highest BCUT2D eigenvalue weighted by atomic mass is 35.5. The van der Waals surface area contributed by atoms with Crippen molar-refractivity contribution in [3.05, 3.63) is 28.0 Å². The quantitative estimate of drug-likeness (QED) is 0.695. The fraction of sp³-hybridized carbons (Fsp3) is 0.250. The lowest BCUT2D eigenvalue weighted by Crippen LogP contribution is -1.99. The van der Waals surface area contributed by atoms with Gasteiger partial charge in [-0.05, 0) is 18.6 Å². The van der Waals surface area contributed by atoms with Crippen molar-refractivity contribution in [1.29, 1.82) is 0 Å². The Morgan fingerprint density at radius 1 is 1.62 bits per heavy atom. The molecule has 0 radical (unpaired) electrons. The van der Waals surface area contributed by atoms with E-state index in [0.29, 0.717) is 6.29 Å². The van der Waals surface area contributed by atoms with Crippen LogP contribution in [0.5, 0.6) is 0 Å². The number of rotatable bonds is 2. The maximum absolute atomic E-state index is 12.3. The number of hydrogen-bond donors (Lipinski definition) is 0. The average molecular weight is 206 g/mol. The molecular formula is C8H6ClF2NO. The largest absolute Gasteiger partial charge is 0.296 e. The number of pyridine rings is 1. The second-order valence-corrected chi connectivity index (χ2v) is 2.88. The second-order valence-electron chi connectivity index (χ2n) is 2.48. The van der Waals surface area contributed by atoms with Crippen LogP contribution in [-0.4, -0.2) is 11.3 Å². The highest BCUT2D eigenvalue weighted by Gasteiger charge is 2.15. The van der Waals surface area contributed by atoms with Gasteiger partial charge < -0.3 is 0 Å². The molecule has 0 unspecified atom stereocenters. The summed E-state index contributed by atoms with van der Waals surface area (Å²) in [7, 11) is 0. The summed E-state index contributed by atoms with van der Waals surface area (Å²) in [5.41, 5.74) is -0.264. The van der Waals surface area contributed by atoms with Crippen molar-refractivity contribution >= 4 is 17.9 Å². The number of carbonyl (C=O) groups excluding carboxylic acids is 1. The van der Waals surface area contributed by atoms with Crippen LogP contribution >= 0.6 is 11.6 Å². The van der Waals surface area contributed by atoms with E-state index < -0.39 is 12.1 Å². The van der Waals surface area contributed by atoms with Gasteiger partial charge in [0.1, 0.15) is 11.4 Å². The van der Waals surface area contributed by atoms with Crippen LogP contribution in [0, 0.1) is 6.92 Å². The Kier molecular flexibility index (Phi) is 2.93. The van der Waals surface area contributed by atoms with Gasteiger partial charge in [0.15, 0.2) is 6.29 Å². The minimum absolute atomic E-state index is 0.0944. The fourth-order valence-corrected chi connectivity index (χ4v) is 1.16. The Bertz CT molecular complexity index is 341.